The molecule has 0 saturated heterocycles. The molecule has 0 aliphatic heterocycles. The van der Waals surface area contributed by atoms with Crippen LogP contribution in [0.25, 0.3) is 0 Å². The largest absolute Gasteiger partial charge is 0.478 e. The third kappa shape index (κ3) is 5.96. The molecule has 0 aromatic heterocycles. The van der Waals surface area contributed by atoms with Crippen molar-refractivity contribution in [2.45, 2.75) is 11.3 Å². The molecule has 0 bridgehead atoms. The number of carbonyl (C=O) groups is 1. The summed E-state index contributed by atoms with van der Waals surface area (Å²) in [5.41, 5.74) is 0.198. The van der Waals surface area contributed by atoms with Gasteiger partial charge in [0.15, 0.2) is 0 Å². The highest BCUT2D eigenvalue weighted by Gasteiger charge is 2.06. The minimum atomic E-state index is -1.12. The van der Waals surface area contributed by atoms with Crippen LogP contribution in [0.1, 0.15) is 16.8 Å². The summed E-state index contributed by atoms with van der Waals surface area (Å²) in [6, 6.07) is 6.10. The van der Waals surface area contributed by atoms with Gasteiger partial charge in [-0.05, 0) is 30.7 Å². The Labute approximate surface area is 115 Å². The standard InChI is InChI=1S/C13H18O5S/c1-17-8-9-18-7-2-10-19(16)12-5-3-11(4-6-12)13(14)15/h3-6H,2,7-10H2,1H3,(H,14,15). The van der Waals surface area contributed by atoms with Crippen molar-refractivity contribution in [2.24, 2.45) is 0 Å². The second kappa shape index (κ2) is 8.79. The SMILES string of the molecule is COCCOCCCS(=O)c1ccc(C(=O)O)cc1. The first-order valence-electron chi connectivity index (χ1n) is 5.93. The zero-order valence-electron chi connectivity index (χ0n) is 10.8. The number of carboxylic acids is 1. The van der Waals surface area contributed by atoms with Crippen LogP contribution in [0.15, 0.2) is 29.2 Å². The van der Waals surface area contributed by atoms with E-state index >= 15 is 0 Å². The van der Waals surface area contributed by atoms with Gasteiger partial charge in [-0.1, -0.05) is 0 Å². The summed E-state index contributed by atoms with van der Waals surface area (Å²) in [6.07, 6.45) is 0.691. The summed E-state index contributed by atoms with van der Waals surface area (Å²) in [7, 11) is 0.494. The van der Waals surface area contributed by atoms with Gasteiger partial charge in [-0.15, -0.1) is 0 Å². The Morgan fingerprint density at radius 3 is 2.47 bits per heavy atom. The Hall–Kier alpha value is -1.24. The number of ether oxygens (including phenoxy) is 2. The lowest BCUT2D eigenvalue weighted by molar-refractivity contribution is 0.0697. The van der Waals surface area contributed by atoms with E-state index in [2.05, 4.69) is 0 Å². The topological polar surface area (TPSA) is 72.8 Å². The number of rotatable bonds is 9. The Morgan fingerprint density at radius 1 is 1.21 bits per heavy atom. The van der Waals surface area contributed by atoms with Crippen LogP contribution >= 0.6 is 0 Å². The molecule has 0 spiro atoms. The van der Waals surface area contributed by atoms with Gasteiger partial charge in [0.05, 0.1) is 29.6 Å². The van der Waals surface area contributed by atoms with Crippen LogP contribution in [-0.4, -0.2) is 48.0 Å². The smallest absolute Gasteiger partial charge is 0.335 e. The lowest BCUT2D eigenvalue weighted by Gasteiger charge is -2.04. The summed E-state index contributed by atoms with van der Waals surface area (Å²) in [4.78, 5) is 11.3. The van der Waals surface area contributed by atoms with E-state index < -0.39 is 16.8 Å². The molecule has 0 aliphatic rings. The molecule has 1 N–H and O–H groups in total. The lowest BCUT2D eigenvalue weighted by atomic mass is 10.2. The number of hydrogen-bond donors (Lipinski definition) is 1. The van der Waals surface area contributed by atoms with Crippen molar-refractivity contribution in [3.05, 3.63) is 29.8 Å². The fraction of sp³-hybridized carbons (Fsp3) is 0.462. The Morgan fingerprint density at radius 2 is 1.89 bits per heavy atom. The number of methoxy groups -OCH3 is 1. The third-order valence-electron chi connectivity index (χ3n) is 2.41. The second-order valence-electron chi connectivity index (χ2n) is 3.84. The number of hydrogen-bond acceptors (Lipinski definition) is 4. The fourth-order valence-electron chi connectivity index (χ4n) is 1.40. The van der Waals surface area contributed by atoms with Gasteiger partial charge in [-0.2, -0.15) is 0 Å². The summed E-state index contributed by atoms with van der Waals surface area (Å²) < 4.78 is 22.0. The van der Waals surface area contributed by atoms with Gasteiger partial charge in [0.2, 0.25) is 0 Å². The van der Waals surface area contributed by atoms with Crippen LogP contribution < -0.4 is 0 Å². The van der Waals surface area contributed by atoms with E-state index in [1.165, 1.54) is 12.1 Å². The van der Waals surface area contributed by atoms with Crippen molar-refractivity contribution in [2.75, 3.05) is 32.7 Å². The molecule has 0 fully saturated rings. The molecule has 5 nitrogen and oxygen atoms in total. The third-order valence-corrected chi connectivity index (χ3v) is 3.87. The molecule has 0 aliphatic carbocycles. The molecule has 6 heteroatoms. The van der Waals surface area contributed by atoms with Crippen molar-refractivity contribution in [3.8, 4) is 0 Å². The fourth-order valence-corrected chi connectivity index (χ4v) is 2.46. The molecule has 0 saturated carbocycles. The first-order chi connectivity index (χ1) is 9.15. The zero-order valence-corrected chi connectivity index (χ0v) is 11.6. The van der Waals surface area contributed by atoms with E-state index in [0.717, 1.165) is 0 Å². The zero-order chi connectivity index (χ0) is 14.1. The molecule has 1 atom stereocenters. The average Bonchev–Trinajstić information content (AvgIpc) is 2.42. The predicted molar refractivity (Wildman–Crippen MR) is 72.0 cm³/mol. The van der Waals surface area contributed by atoms with Gasteiger partial charge in [0, 0.05) is 24.4 Å². The van der Waals surface area contributed by atoms with Crippen molar-refractivity contribution < 1.29 is 23.6 Å². The minimum Gasteiger partial charge on any atom is -0.478 e. The number of carboxylic acid groups (broad SMARTS) is 1. The highest BCUT2D eigenvalue weighted by Crippen LogP contribution is 2.10. The van der Waals surface area contributed by atoms with E-state index in [0.29, 0.717) is 36.9 Å². The molecule has 1 unspecified atom stereocenters. The van der Waals surface area contributed by atoms with Crippen LogP contribution in [0.3, 0.4) is 0 Å². The molecule has 0 amide bonds. The molecular weight excluding hydrogens is 268 g/mol. The normalized spacial score (nSPS) is 12.3. The van der Waals surface area contributed by atoms with E-state index in [9.17, 15) is 9.00 Å². The van der Waals surface area contributed by atoms with Gasteiger partial charge < -0.3 is 14.6 Å². The van der Waals surface area contributed by atoms with Gasteiger partial charge in [-0.25, -0.2) is 4.79 Å². The first kappa shape index (κ1) is 15.8. The first-order valence-corrected chi connectivity index (χ1v) is 7.25. The van der Waals surface area contributed by atoms with Crippen LogP contribution in [0, 0.1) is 0 Å². The number of benzene rings is 1. The molecule has 1 aromatic rings. The predicted octanol–water partition coefficient (Wildman–Crippen LogP) is 1.55. The van der Waals surface area contributed by atoms with E-state index in [4.69, 9.17) is 14.6 Å². The maximum absolute atomic E-state index is 11.9. The summed E-state index contributed by atoms with van der Waals surface area (Å²) in [5.74, 6) is -0.483. The van der Waals surface area contributed by atoms with Crippen LogP contribution in [0.2, 0.25) is 0 Å². The maximum atomic E-state index is 11.9. The quantitative estimate of drug-likeness (QED) is 0.697. The monoisotopic (exact) mass is 286 g/mol. The molecule has 0 radical (unpaired) electrons. The molecule has 0 heterocycles. The highest BCUT2D eigenvalue weighted by atomic mass is 32.2. The highest BCUT2D eigenvalue weighted by molar-refractivity contribution is 7.85. The Balaban J connectivity index is 2.31. The van der Waals surface area contributed by atoms with E-state index in [-0.39, 0.29) is 5.56 Å². The Kier molecular flexibility index (Phi) is 7.32. The van der Waals surface area contributed by atoms with Gasteiger partial charge in [0.25, 0.3) is 0 Å². The Bertz CT molecular complexity index is 416. The van der Waals surface area contributed by atoms with Crippen molar-refractivity contribution in [1.29, 1.82) is 0 Å². The molecular formula is C13H18O5S. The van der Waals surface area contributed by atoms with E-state index in [1.54, 1.807) is 19.2 Å². The van der Waals surface area contributed by atoms with Gasteiger partial charge >= 0.3 is 5.97 Å². The second-order valence-corrected chi connectivity index (χ2v) is 5.41. The van der Waals surface area contributed by atoms with Crippen molar-refractivity contribution >= 4 is 16.8 Å². The van der Waals surface area contributed by atoms with Crippen molar-refractivity contribution in [1.82, 2.24) is 0 Å². The number of aromatic carboxylic acids is 1. The lowest BCUT2D eigenvalue weighted by Crippen LogP contribution is -2.07. The molecule has 1 aromatic carbocycles. The molecule has 19 heavy (non-hydrogen) atoms. The van der Waals surface area contributed by atoms with Crippen LogP contribution in [0.5, 0.6) is 0 Å². The average molecular weight is 286 g/mol. The van der Waals surface area contributed by atoms with E-state index in [1.807, 2.05) is 0 Å². The summed E-state index contributed by atoms with van der Waals surface area (Å²) >= 11 is 0. The van der Waals surface area contributed by atoms with Crippen LogP contribution in [0.4, 0.5) is 0 Å². The molecule has 106 valence electrons. The van der Waals surface area contributed by atoms with Crippen molar-refractivity contribution in [3.63, 3.8) is 0 Å². The summed E-state index contributed by atoms with van der Waals surface area (Å²) in [5, 5.41) is 8.76. The summed E-state index contributed by atoms with van der Waals surface area (Å²) in [6.45, 7) is 1.64. The van der Waals surface area contributed by atoms with Gasteiger partial charge in [-0.3, -0.25) is 4.21 Å². The van der Waals surface area contributed by atoms with Gasteiger partial charge in [0.1, 0.15) is 0 Å². The maximum Gasteiger partial charge on any atom is 0.335 e. The van der Waals surface area contributed by atoms with Crippen LogP contribution in [-0.2, 0) is 20.3 Å². The minimum absolute atomic E-state index is 0.198. The molecule has 1 rings (SSSR count).